The lowest BCUT2D eigenvalue weighted by Gasteiger charge is -2.08. The van der Waals surface area contributed by atoms with Crippen molar-refractivity contribution in [1.82, 2.24) is 0 Å². The Bertz CT molecular complexity index is 626. The summed E-state index contributed by atoms with van der Waals surface area (Å²) < 4.78 is 0.655. The highest BCUT2D eigenvalue weighted by molar-refractivity contribution is 9.10. The number of hydrogen-bond donors (Lipinski definition) is 1. The van der Waals surface area contributed by atoms with Crippen molar-refractivity contribution in [3.05, 3.63) is 61.5 Å². The molecule has 2 rings (SSSR count). The lowest BCUT2D eigenvalue weighted by Crippen LogP contribution is -2.12. The van der Waals surface area contributed by atoms with Gasteiger partial charge in [0.1, 0.15) is 0 Å². The van der Waals surface area contributed by atoms with Crippen LogP contribution in [0.5, 0.6) is 0 Å². The standard InChI is InChI=1S/C13H7BrCl3NO/c14-12-2-1-7(15)6-11(12)13(19)18-10-4-8(16)3-9(17)5-10/h1-6H,(H,18,19). The van der Waals surface area contributed by atoms with Crippen molar-refractivity contribution in [2.45, 2.75) is 0 Å². The fourth-order valence-corrected chi connectivity index (χ4v) is 2.62. The molecule has 0 saturated heterocycles. The summed E-state index contributed by atoms with van der Waals surface area (Å²) >= 11 is 20.9. The lowest BCUT2D eigenvalue weighted by atomic mass is 10.2. The van der Waals surface area contributed by atoms with Crippen molar-refractivity contribution < 1.29 is 4.79 Å². The van der Waals surface area contributed by atoms with Crippen LogP contribution in [0.3, 0.4) is 0 Å². The quantitative estimate of drug-likeness (QED) is 0.716. The zero-order chi connectivity index (χ0) is 14.0. The summed E-state index contributed by atoms with van der Waals surface area (Å²) in [4.78, 5) is 12.1. The third-order valence-corrected chi connectivity index (χ3v) is 3.66. The van der Waals surface area contributed by atoms with E-state index >= 15 is 0 Å². The topological polar surface area (TPSA) is 29.1 Å². The highest BCUT2D eigenvalue weighted by Gasteiger charge is 2.11. The van der Waals surface area contributed by atoms with Gasteiger partial charge in [0.2, 0.25) is 0 Å². The first-order valence-electron chi connectivity index (χ1n) is 5.18. The van der Waals surface area contributed by atoms with E-state index in [1.807, 2.05) is 0 Å². The summed E-state index contributed by atoms with van der Waals surface area (Å²) in [7, 11) is 0. The molecule has 0 fully saturated rings. The molecule has 0 aromatic heterocycles. The number of hydrogen-bond acceptors (Lipinski definition) is 1. The molecule has 19 heavy (non-hydrogen) atoms. The molecular weight excluding hydrogens is 372 g/mol. The average Bonchev–Trinajstić information content (AvgIpc) is 2.30. The van der Waals surface area contributed by atoms with E-state index in [2.05, 4.69) is 21.2 Å². The Kier molecular flexibility index (Phi) is 4.74. The van der Waals surface area contributed by atoms with Gasteiger partial charge in [-0.2, -0.15) is 0 Å². The van der Waals surface area contributed by atoms with Crippen molar-refractivity contribution >= 4 is 62.3 Å². The molecule has 0 bridgehead atoms. The number of nitrogens with one attached hydrogen (secondary N) is 1. The monoisotopic (exact) mass is 377 g/mol. The summed E-state index contributed by atoms with van der Waals surface area (Å²) in [5.41, 5.74) is 0.956. The summed E-state index contributed by atoms with van der Waals surface area (Å²) in [5, 5.41) is 4.10. The molecule has 6 heteroatoms. The highest BCUT2D eigenvalue weighted by atomic mass is 79.9. The van der Waals surface area contributed by atoms with Gasteiger partial charge in [-0.05, 0) is 52.3 Å². The zero-order valence-corrected chi connectivity index (χ0v) is 13.2. The largest absolute Gasteiger partial charge is 0.322 e. The van der Waals surface area contributed by atoms with Gasteiger partial charge in [-0.1, -0.05) is 34.8 Å². The number of rotatable bonds is 2. The molecular formula is C13H7BrCl3NO. The summed E-state index contributed by atoms with van der Waals surface area (Å²) in [6.07, 6.45) is 0. The van der Waals surface area contributed by atoms with Gasteiger partial charge in [-0.3, -0.25) is 4.79 Å². The van der Waals surface area contributed by atoms with E-state index in [1.54, 1.807) is 36.4 Å². The molecule has 0 aliphatic rings. The van der Waals surface area contributed by atoms with E-state index in [1.165, 1.54) is 0 Å². The fraction of sp³-hybridized carbons (Fsp3) is 0. The van der Waals surface area contributed by atoms with Crippen LogP contribution in [0.4, 0.5) is 5.69 Å². The molecule has 0 aliphatic carbocycles. The van der Waals surface area contributed by atoms with E-state index in [9.17, 15) is 4.79 Å². The van der Waals surface area contributed by atoms with E-state index in [0.717, 1.165) is 0 Å². The first-order chi connectivity index (χ1) is 8.95. The fourth-order valence-electron chi connectivity index (χ4n) is 1.50. The number of benzene rings is 2. The smallest absolute Gasteiger partial charge is 0.256 e. The maximum atomic E-state index is 12.1. The maximum Gasteiger partial charge on any atom is 0.256 e. The Hall–Kier alpha value is -0.740. The van der Waals surface area contributed by atoms with Gasteiger partial charge in [0.05, 0.1) is 5.56 Å². The highest BCUT2D eigenvalue weighted by Crippen LogP contribution is 2.25. The molecule has 2 nitrogen and oxygen atoms in total. The second-order valence-electron chi connectivity index (χ2n) is 3.74. The first-order valence-corrected chi connectivity index (χ1v) is 7.11. The SMILES string of the molecule is O=C(Nc1cc(Cl)cc(Cl)c1)c1cc(Cl)ccc1Br. The molecule has 0 unspecified atom stereocenters. The van der Waals surface area contributed by atoms with Crippen molar-refractivity contribution in [2.75, 3.05) is 5.32 Å². The van der Waals surface area contributed by atoms with Gasteiger partial charge in [0, 0.05) is 25.2 Å². The molecule has 0 radical (unpaired) electrons. The Morgan fingerprint density at radius 1 is 0.947 bits per heavy atom. The van der Waals surface area contributed by atoms with Crippen LogP contribution in [0.15, 0.2) is 40.9 Å². The van der Waals surface area contributed by atoms with Gasteiger partial charge in [-0.25, -0.2) is 0 Å². The molecule has 0 atom stereocenters. The van der Waals surface area contributed by atoms with Crippen LogP contribution in [-0.4, -0.2) is 5.91 Å². The Labute approximate surface area is 133 Å². The van der Waals surface area contributed by atoms with E-state index in [4.69, 9.17) is 34.8 Å². The second-order valence-corrected chi connectivity index (χ2v) is 5.90. The van der Waals surface area contributed by atoms with E-state index < -0.39 is 0 Å². The number of anilines is 1. The van der Waals surface area contributed by atoms with Crippen LogP contribution in [0.1, 0.15) is 10.4 Å². The number of amides is 1. The van der Waals surface area contributed by atoms with Crippen molar-refractivity contribution in [3.63, 3.8) is 0 Å². The summed E-state index contributed by atoms with van der Waals surface area (Å²) in [6.45, 7) is 0. The van der Waals surface area contributed by atoms with Crippen LogP contribution in [0.2, 0.25) is 15.1 Å². The molecule has 0 heterocycles. The van der Waals surface area contributed by atoms with Crippen molar-refractivity contribution in [3.8, 4) is 0 Å². The van der Waals surface area contributed by atoms with Gasteiger partial charge >= 0.3 is 0 Å². The van der Waals surface area contributed by atoms with Gasteiger partial charge in [0.25, 0.3) is 5.91 Å². The van der Waals surface area contributed by atoms with Gasteiger partial charge < -0.3 is 5.32 Å². The minimum atomic E-state index is -0.298. The summed E-state index contributed by atoms with van der Waals surface area (Å²) in [5.74, 6) is -0.298. The lowest BCUT2D eigenvalue weighted by molar-refractivity contribution is 0.102. The molecule has 98 valence electrons. The third kappa shape index (κ3) is 3.86. The third-order valence-electron chi connectivity index (χ3n) is 2.29. The number of halogens is 4. The molecule has 0 spiro atoms. The Balaban J connectivity index is 2.28. The van der Waals surface area contributed by atoms with Crippen LogP contribution >= 0.6 is 50.7 Å². The van der Waals surface area contributed by atoms with E-state index in [0.29, 0.717) is 30.8 Å². The minimum absolute atomic E-state index is 0.298. The molecule has 2 aromatic carbocycles. The molecule has 2 aromatic rings. The Morgan fingerprint density at radius 3 is 2.21 bits per heavy atom. The van der Waals surface area contributed by atoms with E-state index in [-0.39, 0.29) is 5.91 Å². The van der Waals surface area contributed by atoms with Crippen molar-refractivity contribution in [1.29, 1.82) is 0 Å². The Morgan fingerprint density at radius 2 is 1.58 bits per heavy atom. The molecule has 1 amide bonds. The predicted octanol–water partition coefficient (Wildman–Crippen LogP) is 5.66. The average molecular weight is 379 g/mol. The number of carbonyl (C=O) groups is 1. The minimum Gasteiger partial charge on any atom is -0.322 e. The molecule has 0 saturated carbocycles. The zero-order valence-electron chi connectivity index (χ0n) is 9.38. The van der Waals surface area contributed by atoms with Gasteiger partial charge in [-0.15, -0.1) is 0 Å². The molecule has 1 N–H and O–H groups in total. The second kappa shape index (κ2) is 6.14. The van der Waals surface area contributed by atoms with Crippen LogP contribution in [-0.2, 0) is 0 Å². The summed E-state index contributed by atoms with van der Waals surface area (Å²) in [6, 6.07) is 9.80. The van der Waals surface area contributed by atoms with Crippen LogP contribution < -0.4 is 5.32 Å². The van der Waals surface area contributed by atoms with Crippen LogP contribution in [0, 0.1) is 0 Å². The molecule has 0 aliphatic heterocycles. The van der Waals surface area contributed by atoms with Crippen LogP contribution in [0.25, 0.3) is 0 Å². The first kappa shape index (κ1) is 14.7. The normalized spacial score (nSPS) is 10.3. The van der Waals surface area contributed by atoms with Gasteiger partial charge in [0.15, 0.2) is 0 Å². The maximum absolute atomic E-state index is 12.1. The predicted molar refractivity (Wildman–Crippen MR) is 83.6 cm³/mol. The van der Waals surface area contributed by atoms with Crippen molar-refractivity contribution in [2.24, 2.45) is 0 Å². The number of carbonyl (C=O) groups excluding carboxylic acids is 1.